The number of carbonyl (C=O) groups excluding carboxylic acids is 1. The minimum atomic E-state index is -1.26. The van der Waals surface area contributed by atoms with E-state index in [-0.39, 0.29) is 6.04 Å². The SMILES string of the molecule is CC(C1CC1)N(C)c1cc2c(cc1F)C(O)C(=O)N2. The van der Waals surface area contributed by atoms with Crippen molar-refractivity contribution in [2.75, 3.05) is 17.3 Å². The number of carbonyl (C=O) groups is 1. The van der Waals surface area contributed by atoms with Crippen molar-refractivity contribution in [3.8, 4) is 0 Å². The molecule has 19 heavy (non-hydrogen) atoms. The zero-order valence-electron chi connectivity index (χ0n) is 11.0. The number of benzene rings is 1. The number of aliphatic hydroxyl groups excluding tert-OH is 1. The number of hydrogen-bond acceptors (Lipinski definition) is 3. The molecule has 5 heteroatoms. The predicted molar refractivity (Wildman–Crippen MR) is 70.6 cm³/mol. The lowest BCUT2D eigenvalue weighted by molar-refractivity contribution is -0.123. The molecule has 2 N–H and O–H groups in total. The van der Waals surface area contributed by atoms with Gasteiger partial charge in [-0.2, -0.15) is 0 Å². The number of aliphatic hydroxyl groups is 1. The molecule has 102 valence electrons. The van der Waals surface area contributed by atoms with Crippen LogP contribution in [0.15, 0.2) is 12.1 Å². The Hall–Kier alpha value is -1.62. The van der Waals surface area contributed by atoms with Crippen molar-refractivity contribution in [1.82, 2.24) is 0 Å². The second kappa shape index (κ2) is 4.20. The Morgan fingerprint density at radius 1 is 1.47 bits per heavy atom. The summed E-state index contributed by atoms with van der Waals surface area (Å²) in [4.78, 5) is 13.3. The van der Waals surface area contributed by atoms with Crippen LogP contribution < -0.4 is 10.2 Å². The van der Waals surface area contributed by atoms with Gasteiger partial charge in [-0.25, -0.2) is 4.39 Å². The number of nitrogens with zero attached hydrogens (tertiary/aromatic N) is 1. The van der Waals surface area contributed by atoms with Crippen molar-refractivity contribution in [3.05, 3.63) is 23.5 Å². The first kappa shape index (κ1) is 12.4. The first-order chi connectivity index (χ1) is 8.99. The van der Waals surface area contributed by atoms with Crippen LogP contribution in [0, 0.1) is 11.7 Å². The number of nitrogens with one attached hydrogen (secondary N) is 1. The van der Waals surface area contributed by atoms with Gasteiger partial charge in [-0.3, -0.25) is 4.79 Å². The molecule has 1 fully saturated rings. The third kappa shape index (κ3) is 1.98. The number of rotatable bonds is 3. The highest BCUT2D eigenvalue weighted by molar-refractivity contribution is 6.02. The highest BCUT2D eigenvalue weighted by Gasteiger charge is 2.34. The Bertz CT molecular complexity index is 542. The van der Waals surface area contributed by atoms with E-state index in [9.17, 15) is 14.3 Å². The van der Waals surface area contributed by atoms with Crippen LogP contribution in [0.4, 0.5) is 15.8 Å². The summed E-state index contributed by atoms with van der Waals surface area (Å²) < 4.78 is 14.1. The predicted octanol–water partition coefficient (Wildman–Crippen LogP) is 2.05. The van der Waals surface area contributed by atoms with Gasteiger partial charge in [-0.05, 0) is 37.8 Å². The summed E-state index contributed by atoms with van der Waals surface area (Å²) >= 11 is 0. The molecular formula is C14H17FN2O2. The number of anilines is 2. The van der Waals surface area contributed by atoms with Gasteiger partial charge >= 0.3 is 0 Å². The van der Waals surface area contributed by atoms with E-state index in [1.165, 1.54) is 18.9 Å². The van der Waals surface area contributed by atoms with Crippen LogP contribution in [0.3, 0.4) is 0 Å². The highest BCUT2D eigenvalue weighted by Crippen LogP contribution is 2.40. The van der Waals surface area contributed by atoms with Crippen molar-refractivity contribution < 1.29 is 14.3 Å². The normalized spacial score (nSPS) is 22.9. The van der Waals surface area contributed by atoms with E-state index in [0.29, 0.717) is 22.9 Å². The van der Waals surface area contributed by atoms with Gasteiger partial charge in [0.15, 0.2) is 6.10 Å². The molecule has 1 saturated carbocycles. The molecular weight excluding hydrogens is 247 g/mol. The maximum atomic E-state index is 14.1. The van der Waals surface area contributed by atoms with Crippen molar-refractivity contribution >= 4 is 17.3 Å². The molecule has 0 saturated heterocycles. The lowest BCUT2D eigenvalue weighted by Gasteiger charge is -2.28. The topological polar surface area (TPSA) is 52.6 Å². The van der Waals surface area contributed by atoms with Crippen LogP contribution in [0.2, 0.25) is 0 Å². The molecule has 0 spiro atoms. The average molecular weight is 264 g/mol. The lowest BCUT2D eigenvalue weighted by atomic mass is 10.1. The number of hydrogen-bond donors (Lipinski definition) is 2. The molecule has 1 heterocycles. The molecule has 0 bridgehead atoms. The summed E-state index contributed by atoms with van der Waals surface area (Å²) in [5, 5.41) is 12.2. The van der Waals surface area contributed by atoms with Crippen molar-refractivity contribution in [1.29, 1.82) is 0 Å². The zero-order valence-corrected chi connectivity index (χ0v) is 11.0. The molecule has 4 nitrogen and oxygen atoms in total. The fourth-order valence-corrected chi connectivity index (χ4v) is 2.64. The molecule has 0 radical (unpaired) electrons. The second-order valence-electron chi connectivity index (χ2n) is 5.47. The molecule has 1 aromatic carbocycles. The first-order valence-corrected chi connectivity index (χ1v) is 6.54. The summed E-state index contributed by atoms with van der Waals surface area (Å²) in [5.74, 6) is -0.272. The summed E-state index contributed by atoms with van der Waals surface area (Å²) in [5.41, 5.74) is 1.29. The molecule has 2 atom stereocenters. The van der Waals surface area contributed by atoms with Gasteiger partial charge in [-0.15, -0.1) is 0 Å². The maximum Gasteiger partial charge on any atom is 0.257 e. The molecule has 3 rings (SSSR count). The van der Waals surface area contributed by atoms with E-state index in [4.69, 9.17) is 0 Å². The second-order valence-corrected chi connectivity index (χ2v) is 5.47. The summed E-state index contributed by atoms with van der Waals surface area (Å²) in [6, 6.07) is 3.13. The quantitative estimate of drug-likeness (QED) is 0.878. The Labute approximate surface area is 111 Å². The monoisotopic (exact) mass is 264 g/mol. The Morgan fingerprint density at radius 3 is 2.79 bits per heavy atom. The van der Waals surface area contributed by atoms with Crippen molar-refractivity contribution in [2.24, 2.45) is 5.92 Å². The molecule has 1 aliphatic carbocycles. The van der Waals surface area contributed by atoms with Gasteiger partial charge < -0.3 is 15.3 Å². The zero-order chi connectivity index (χ0) is 13.7. The Morgan fingerprint density at radius 2 is 2.16 bits per heavy atom. The Balaban J connectivity index is 1.95. The van der Waals surface area contributed by atoms with Crippen LogP contribution in [0.1, 0.15) is 31.4 Å². The standard InChI is InChI=1S/C14H17FN2O2/c1-7(8-3-4-8)17(2)12-6-11-9(5-10(12)15)13(18)14(19)16-11/h5-8,13,18H,3-4H2,1-2H3,(H,16,19). The lowest BCUT2D eigenvalue weighted by Crippen LogP contribution is -2.31. The van der Waals surface area contributed by atoms with Gasteiger partial charge in [0.1, 0.15) is 5.82 Å². The van der Waals surface area contributed by atoms with E-state index in [2.05, 4.69) is 12.2 Å². The maximum absolute atomic E-state index is 14.1. The molecule has 1 amide bonds. The molecule has 1 aromatic rings. The first-order valence-electron chi connectivity index (χ1n) is 6.54. The van der Waals surface area contributed by atoms with Crippen LogP contribution in [-0.2, 0) is 4.79 Å². The highest BCUT2D eigenvalue weighted by atomic mass is 19.1. The van der Waals surface area contributed by atoms with E-state index in [1.807, 2.05) is 11.9 Å². The minimum Gasteiger partial charge on any atom is -0.378 e. The van der Waals surface area contributed by atoms with Gasteiger partial charge in [0.2, 0.25) is 0 Å². The summed E-state index contributed by atoms with van der Waals surface area (Å²) in [6.07, 6.45) is 1.12. The minimum absolute atomic E-state index is 0.273. The average Bonchev–Trinajstić information content (AvgIpc) is 3.18. The van der Waals surface area contributed by atoms with E-state index >= 15 is 0 Å². The third-order valence-corrected chi connectivity index (χ3v) is 4.21. The van der Waals surface area contributed by atoms with Gasteiger partial charge in [-0.1, -0.05) is 0 Å². The number of amides is 1. The van der Waals surface area contributed by atoms with Crippen molar-refractivity contribution in [2.45, 2.75) is 31.9 Å². The summed E-state index contributed by atoms with van der Waals surface area (Å²) in [7, 11) is 1.86. The molecule has 0 aromatic heterocycles. The van der Waals surface area contributed by atoms with Crippen LogP contribution >= 0.6 is 0 Å². The Kier molecular flexibility index (Phi) is 2.74. The molecule has 2 unspecified atom stereocenters. The third-order valence-electron chi connectivity index (χ3n) is 4.21. The molecule has 2 aliphatic rings. The molecule has 1 aliphatic heterocycles. The smallest absolute Gasteiger partial charge is 0.257 e. The largest absolute Gasteiger partial charge is 0.378 e. The number of halogens is 1. The van der Waals surface area contributed by atoms with Gasteiger partial charge in [0.05, 0.1) is 5.69 Å². The van der Waals surface area contributed by atoms with Gasteiger partial charge in [0.25, 0.3) is 5.91 Å². The number of fused-ring (bicyclic) bond motifs is 1. The van der Waals surface area contributed by atoms with Crippen LogP contribution in [-0.4, -0.2) is 24.1 Å². The van der Waals surface area contributed by atoms with Crippen molar-refractivity contribution in [3.63, 3.8) is 0 Å². The summed E-state index contributed by atoms with van der Waals surface area (Å²) in [6.45, 7) is 2.08. The van der Waals surface area contributed by atoms with Gasteiger partial charge in [0, 0.05) is 24.3 Å². The van der Waals surface area contributed by atoms with E-state index < -0.39 is 17.8 Å². The fourth-order valence-electron chi connectivity index (χ4n) is 2.64. The fraction of sp³-hybridized carbons (Fsp3) is 0.500. The van der Waals surface area contributed by atoms with Crippen LogP contribution in [0.5, 0.6) is 0 Å². The van der Waals surface area contributed by atoms with Crippen LogP contribution in [0.25, 0.3) is 0 Å². The van der Waals surface area contributed by atoms with E-state index in [1.54, 1.807) is 6.07 Å². The van der Waals surface area contributed by atoms with E-state index in [0.717, 1.165) is 0 Å².